The molecule has 1 atom stereocenters. The third kappa shape index (κ3) is 4.57. The molecule has 0 radical (unpaired) electrons. The van der Waals surface area contributed by atoms with Crippen molar-refractivity contribution in [2.24, 2.45) is 5.41 Å². The Hall–Kier alpha value is -3.91. The highest BCUT2D eigenvalue weighted by molar-refractivity contribution is 6.17. The molecule has 8 heteroatoms. The Morgan fingerprint density at radius 1 is 1.14 bits per heavy atom. The maximum Gasteiger partial charge on any atom is 0.294 e. The zero-order valence-electron chi connectivity index (χ0n) is 20.1. The predicted molar refractivity (Wildman–Crippen MR) is 130 cm³/mol. The first-order chi connectivity index (χ1) is 16.6. The lowest BCUT2D eigenvalue weighted by atomic mass is 9.82. The number of nitrogens with zero attached hydrogens (tertiary/aromatic N) is 2. The van der Waals surface area contributed by atoms with E-state index in [9.17, 15) is 19.8 Å². The number of amides is 1. The minimum absolute atomic E-state index is 0.0116. The average molecular weight is 477 g/mol. The fourth-order valence-electron chi connectivity index (χ4n) is 4.08. The zero-order valence-corrected chi connectivity index (χ0v) is 20.1. The molecule has 182 valence electrons. The number of anilines is 1. The molecule has 1 aliphatic rings. The number of aliphatic hydroxyl groups excluding tert-OH is 2. The molecule has 8 nitrogen and oxygen atoms in total. The molecule has 35 heavy (non-hydrogen) atoms. The van der Waals surface area contributed by atoms with Gasteiger partial charge >= 0.3 is 0 Å². The van der Waals surface area contributed by atoms with Crippen LogP contribution in [0.5, 0.6) is 5.75 Å². The van der Waals surface area contributed by atoms with Crippen LogP contribution in [0, 0.1) is 12.3 Å². The second kappa shape index (κ2) is 9.38. The van der Waals surface area contributed by atoms with Gasteiger partial charge in [0.25, 0.3) is 5.91 Å². The second-order valence-electron chi connectivity index (χ2n) is 9.41. The lowest BCUT2D eigenvalue weighted by molar-refractivity contribution is -0.123. The molecular weight excluding hydrogens is 448 g/mol. The number of ketones is 1. The second-order valence-corrected chi connectivity index (χ2v) is 9.41. The Balaban J connectivity index is 1.83. The van der Waals surface area contributed by atoms with Crippen molar-refractivity contribution in [3.63, 3.8) is 0 Å². The van der Waals surface area contributed by atoms with Crippen molar-refractivity contribution >= 4 is 17.4 Å². The van der Waals surface area contributed by atoms with Gasteiger partial charge in [0, 0.05) is 28.3 Å². The van der Waals surface area contributed by atoms with E-state index in [4.69, 9.17) is 9.26 Å². The molecule has 0 bridgehead atoms. The van der Waals surface area contributed by atoms with E-state index in [-0.39, 0.29) is 24.6 Å². The lowest BCUT2D eigenvalue weighted by Crippen LogP contribution is -2.33. The van der Waals surface area contributed by atoms with Crippen molar-refractivity contribution < 1.29 is 29.1 Å². The molecule has 1 aliphatic heterocycles. The van der Waals surface area contributed by atoms with Gasteiger partial charge in [-0.3, -0.25) is 14.5 Å². The Bertz CT molecular complexity index is 1280. The monoisotopic (exact) mass is 476 g/mol. The zero-order chi connectivity index (χ0) is 25.3. The number of rotatable bonds is 7. The first-order valence-electron chi connectivity index (χ1n) is 11.3. The number of carbonyl (C=O) groups is 2. The smallest absolute Gasteiger partial charge is 0.294 e. The lowest BCUT2D eigenvalue weighted by Gasteiger charge is -2.30. The van der Waals surface area contributed by atoms with Crippen molar-refractivity contribution in [3.8, 4) is 17.1 Å². The Kier molecular flexibility index (Phi) is 6.49. The predicted octanol–water partition coefficient (Wildman–Crippen LogP) is 4.54. The molecule has 0 fully saturated rings. The molecule has 2 N–H and O–H groups in total. The first kappa shape index (κ1) is 24.2. The number of hydrogen-bond acceptors (Lipinski definition) is 7. The van der Waals surface area contributed by atoms with Gasteiger partial charge in [-0.25, -0.2) is 0 Å². The summed E-state index contributed by atoms with van der Waals surface area (Å²) in [5.74, 6) is -0.608. The fourth-order valence-corrected chi connectivity index (χ4v) is 4.08. The number of Topliss-reactive ketones (excluding diaryl/α,β-unsaturated/α-hetero) is 1. The van der Waals surface area contributed by atoms with E-state index in [1.165, 1.54) is 4.90 Å². The number of benzene rings is 2. The molecule has 1 unspecified atom stereocenters. The van der Waals surface area contributed by atoms with E-state index >= 15 is 0 Å². The number of aliphatic hydroxyl groups is 2. The summed E-state index contributed by atoms with van der Waals surface area (Å²) in [7, 11) is 0. The van der Waals surface area contributed by atoms with Gasteiger partial charge in [-0.2, -0.15) is 0 Å². The highest BCUT2D eigenvalue weighted by Crippen LogP contribution is 2.46. The Morgan fingerprint density at radius 2 is 1.83 bits per heavy atom. The van der Waals surface area contributed by atoms with Crippen LogP contribution in [0.3, 0.4) is 0 Å². The Labute approximate surface area is 203 Å². The molecule has 1 aromatic heterocycles. The molecule has 0 spiro atoms. The molecule has 0 saturated heterocycles. The summed E-state index contributed by atoms with van der Waals surface area (Å²) in [6.45, 7) is 6.89. The minimum Gasteiger partial charge on any atom is -0.503 e. The number of carbonyl (C=O) groups excluding carboxylic acids is 2. The SMILES string of the molecule is Cc1cc(-c2ccc(N3C(=O)C(O)=C(C(=O)C(C)(C)C)C3c3ccccc3OCCO)cc2)on1. The van der Waals surface area contributed by atoms with Gasteiger partial charge in [0.15, 0.2) is 17.3 Å². The van der Waals surface area contributed by atoms with Crippen molar-refractivity contribution in [3.05, 3.63) is 77.2 Å². The number of para-hydroxylation sites is 1. The van der Waals surface area contributed by atoms with Crippen molar-refractivity contribution in [2.45, 2.75) is 33.7 Å². The number of hydrogen-bond donors (Lipinski definition) is 2. The van der Waals surface area contributed by atoms with Crippen molar-refractivity contribution in [1.82, 2.24) is 5.16 Å². The van der Waals surface area contributed by atoms with E-state index in [1.54, 1.807) is 75.4 Å². The van der Waals surface area contributed by atoms with Gasteiger partial charge in [0.1, 0.15) is 12.4 Å². The third-order valence-electron chi connectivity index (χ3n) is 5.75. The van der Waals surface area contributed by atoms with Gasteiger partial charge in [0.05, 0.1) is 23.9 Å². The van der Waals surface area contributed by atoms with Gasteiger partial charge in [-0.1, -0.05) is 44.1 Å². The van der Waals surface area contributed by atoms with Crippen LogP contribution in [0.1, 0.15) is 38.1 Å². The first-order valence-corrected chi connectivity index (χ1v) is 11.3. The van der Waals surface area contributed by atoms with Crippen LogP contribution in [0.4, 0.5) is 5.69 Å². The fraction of sp³-hybridized carbons (Fsp3) is 0.296. The van der Waals surface area contributed by atoms with Gasteiger partial charge in [-0.05, 0) is 37.3 Å². The molecule has 0 aliphatic carbocycles. The molecule has 0 saturated carbocycles. The van der Waals surface area contributed by atoms with Gasteiger partial charge < -0.3 is 19.5 Å². The van der Waals surface area contributed by atoms with E-state index in [1.807, 2.05) is 6.92 Å². The number of aryl methyl sites for hydroxylation is 1. The maximum atomic E-state index is 13.5. The van der Waals surface area contributed by atoms with Crippen LogP contribution < -0.4 is 9.64 Å². The van der Waals surface area contributed by atoms with Crippen LogP contribution in [0.15, 0.2) is 70.5 Å². The van der Waals surface area contributed by atoms with E-state index in [2.05, 4.69) is 5.16 Å². The third-order valence-corrected chi connectivity index (χ3v) is 5.75. The standard InChI is InChI=1S/C27H28N2O6/c1-16-15-21(35-28-16)17-9-11-18(12-10-17)29-23(19-7-5-6-8-20(19)34-14-13-30)22(24(31)26(29)33)25(32)27(2,3)4/h5-12,15,23,30-31H,13-14H2,1-4H3. The van der Waals surface area contributed by atoms with Gasteiger partial charge in [-0.15, -0.1) is 0 Å². The maximum absolute atomic E-state index is 13.5. The minimum atomic E-state index is -0.914. The average Bonchev–Trinajstić information content (AvgIpc) is 3.38. The van der Waals surface area contributed by atoms with Crippen LogP contribution >= 0.6 is 0 Å². The molecular formula is C27H28N2O6. The summed E-state index contributed by atoms with van der Waals surface area (Å²) in [4.78, 5) is 28.2. The van der Waals surface area contributed by atoms with Crippen LogP contribution in [0.25, 0.3) is 11.3 Å². The molecule has 4 rings (SSSR count). The van der Waals surface area contributed by atoms with Crippen molar-refractivity contribution in [1.29, 1.82) is 0 Å². The molecule has 1 amide bonds. The topological polar surface area (TPSA) is 113 Å². The highest BCUT2D eigenvalue weighted by atomic mass is 16.5. The summed E-state index contributed by atoms with van der Waals surface area (Å²) in [5, 5.41) is 24.1. The summed E-state index contributed by atoms with van der Waals surface area (Å²) in [6, 6.07) is 14.9. The molecule has 2 aromatic carbocycles. The highest BCUT2D eigenvalue weighted by Gasteiger charge is 2.47. The summed E-state index contributed by atoms with van der Waals surface area (Å²) in [5.41, 5.74) is 1.70. The van der Waals surface area contributed by atoms with Gasteiger partial charge in [0.2, 0.25) is 0 Å². The van der Waals surface area contributed by atoms with Crippen molar-refractivity contribution in [2.75, 3.05) is 18.1 Å². The van der Waals surface area contributed by atoms with E-state index < -0.39 is 23.1 Å². The number of aromatic nitrogens is 1. The van der Waals surface area contributed by atoms with E-state index in [0.29, 0.717) is 22.8 Å². The molecule has 2 heterocycles. The van der Waals surface area contributed by atoms with Crippen LogP contribution in [0.2, 0.25) is 0 Å². The number of ether oxygens (including phenoxy) is 1. The van der Waals surface area contributed by atoms with Crippen LogP contribution in [-0.2, 0) is 9.59 Å². The largest absolute Gasteiger partial charge is 0.503 e. The molecule has 3 aromatic rings. The summed E-state index contributed by atoms with van der Waals surface area (Å²) < 4.78 is 11.0. The normalized spacial score (nSPS) is 16.2. The summed E-state index contributed by atoms with van der Waals surface area (Å²) in [6.07, 6.45) is 0. The quantitative estimate of drug-likeness (QED) is 0.515. The van der Waals surface area contributed by atoms with Crippen LogP contribution in [-0.4, -0.2) is 40.3 Å². The Morgan fingerprint density at radius 3 is 2.43 bits per heavy atom. The van der Waals surface area contributed by atoms with E-state index in [0.717, 1.165) is 11.3 Å². The summed E-state index contributed by atoms with van der Waals surface area (Å²) >= 11 is 0.